The molecule has 2 aromatic heterocycles. The highest BCUT2D eigenvalue weighted by atomic mass is 32.1. The number of para-hydroxylation sites is 1. The number of thiazole rings is 1. The number of rotatable bonds is 6. The molecule has 0 amide bonds. The highest BCUT2D eigenvalue weighted by molar-refractivity contribution is 7.09. The normalized spacial score (nSPS) is 16.9. The summed E-state index contributed by atoms with van der Waals surface area (Å²) in [6.07, 6.45) is 0. The molecule has 3 heterocycles. The fourth-order valence-corrected chi connectivity index (χ4v) is 3.81. The molecule has 1 N–H and O–H groups in total. The molecule has 140 valence electrons. The van der Waals surface area contributed by atoms with E-state index in [2.05, 4.69) is 15.2 Å². The number of ether oxygens (including phenoxy) is 1. The highest BCUT2D eigenvalue weighted by Crippen LogP contribution is 2.22. The number of carbonyl (C=O) groups is 1. The molecule has 27 heavy (non-hydrogen) atoms. The topological polar surface area (TPSA) is 93.4 Å². The summed E-state index contributed by atoms with van der Waals surface area (Å²) in [6, 6.07) is 8.96. The van der Waals surface area contributed by atoms with E-state index in [1.54, 1.807) is 0 Å². The minimum Gasteiger partial charge on any atom is -0.486 e. The van der Waals surface area contributed by atoms with Gasteiger partial charge in [-0.25, -0.2) is 4.98 Å². The van der Waals surface area contributed by atoms with Crippen LogP contribution in [0, 0.1) is 6.92 Å². The zero-order valence-corrected chi connectivity index (χ0v) is 15.6. The Bertz CT molecular complexity index is 940. The molecule has 0 spiro atoms. The Labute approximate surface area is 160 Å². The van der Waals surface area contributed by atoms with Gasteiger partial charge in [0.1, 0.15) is 35.1 Å². The lowest BCUT2D eigenvalue weighted by molar-refractivity contribution is -0.145. The number of aryl methyl sites for hydroxylation is 1. The van der Waals surface area contributed by atoms with Crippen LogP contribution in [0.1, 0.15) is 22.4 Å². The van der Waals surface area contributed by atoms with Crippen molar-refractivity contribution >= 4 is 17.3 Å². The van der Waals surface area contributed by atoms with Gasteiger partial charge in [-0.2, -0.15) is 0 Å². The van der Waals surface area contributed by atoms with Crippen LogP contribution < -0.4 is 4.74 Å². The Morgan fingerprint density at radius 2 is 2.15 bits per heavy atom. The first-order chi connectivity index (χ1) is 13.1. The third-order valence-electron chi connectivity index (χ3n) is 4.51. The highest BCUT2D eigenvalue weighted by Gasteiger charge is 2.33. The monoisotopic (exact) mass is 385 g/mol. The molecule has 0 radical (unpaired) electrons. The van der Waals surface area contributed by atoms with E-state index in [-0.39, 0.29) is 0 Å². The number of benzene rings is 1. The van der Waals surface area contributed by atoms with Crippen LogP contribution in [0.25, 0.3) is 0 Å². The maximum absolute atomic E-state index is 11.7. The Balaban J connectivity index is 1.43. The van der Waals surface area contributed by atoms with Crippen LogP contribution in [0.4, 0.5) is 0 Å². The zero-order chi connectivity index (χ0) is 18.8. The van der Waals surface area contributed by atoms with Gasteiger partial charge in [-0.05, 0) is 19.1 Å². The van der Waals surface area contributed by atoms with Gasteiger partial charge in [-0.15, -0.1) is 21.5 Å². The summed E-state index contributed by atoms with van der Waals surface area (Å²) in [7, 11) is 0. The standard InChI is InChI=1S/C18H19N5O3S/c1-12-20-21-16-9-22(15(18(24)25)8-23(12)16)7-13-11-27-17(19-13)10-26-14-5-3-2-4-6-14/h2-6,11,15H,7-10H2,1H3,(H,24,25). The van der Waals surface area contributed by atoms with Crippen molar-refractivity contribution in [3.8, 4) is 5.75 Å². The summed E-state index contributed by atoms with van der Waals surface area (Å²) in [5, 5.41) is 20.6. The first-order valence-corrected chi connectivity index (χ1v) is 9.45. The third-order valence-corrected chi connectivity index (χ3v) is 5.38. The largest absolute Gasteiger partial charge is 0.486 e. The van der Waals surface area contributed by atoms with Gasteiger partial charge < -0.3 is 14.4 Å². The SMILES string of the molecule is Cc1nnc2n1CC(C(=O)O)N(Cc1csc(COc3ccccc3)n1)C2. The van der Waals surface area contributed by atoms with Crippen molar-refractivity contribution in [2.24, 2.45) is 0 Å². The Morgan fingerprint density at radius 3 is 2.93 bits per heavy atom. The van der Waals surface area contributed by atoms with Crippen molar-refractivity contribution in [2.75, 3.05) is 0 Å². The number of nitrogens with zero attached hydrogens (tertiary/aromatic N) is 5. The summed E-state index contributed by atoms with van der Waals surface area (Å²) in [5.41, 5.74) is 0.836. The van der Waals surface area contributed by atoms with E-state index in [4.69, 9.17) is 4.74 Å². The fourth-order valence-electron chi connectivity index (χ4n) is 3.12. The van der Waals surface area contributed by atoms with Crippen LogP contribution in [0.5, 0.6) is 5.75 Å². The van der Waals surface area contributed by atoms with E-state index >= 15 is 0 Å². The molecule has 0 bridgehead atoms. The molecule has 0 fully saturated rings. The average molecular weight is 385 g/mol. The van der Waals surface area contributed by atoms with Gasteiger partial charge in [-0.3, -0.25) is 9.69 Å². The maximum atomic E-state index is 11.7. The van der Waals surface area contributed by atoms with Gasteiger partial charge in [0.25, 0.3) is 0 Å². The molecule has 4 rings (SSSR count). The van der Waals surface area contributed by atoms with Gasteiger partial charge in [0.15, 0.2) is 0 Å². The first kappa shape index (κ1) is 17.6. The van der Waals surface area contributed by atoms with Gasteiger partial charge in [-0.1, -0.05) is 18.2 Å². The number of carboxylic acids is 1. The summed E-state index contributed by atoms with van der Waals surface area (Å²) in [5.74, 6) is 1.47. The molecule has 1 unspecified atom stereocenters. The molecule has 0 saturated carbocycles. The predicted octanol–water partition coefficient (Wildman–Crippen LogP) is 2.09. The van der Waals surface area contributed by atoms with Gasteiger partial charge >= 0.3 is 5.97 Å². The molecule has 1 aliphatic rings. The van der Waals surface area contributed by atoms with Crippen LogP contribution in [0.15, 0.2) is 35.7 Å². The van der Waals surface area contributed by atoms with Crippen molar-refractivity contribution in [2.45, 2.75) is 39.2 Å². The number of aliphatic carboxylic acids is 1. The smallest absolute Gasteiger partial charge is 0.322 e. The summed E-state index contributed by atoms with van der Waals surface area (Å²) in [4.78, 5) is 18.2. The fraction of sp³-hybridized carbons (Fsp3) is 0.333. The minimum atomic E-state index is -0.850. The van der Waals surface area contributed by atoms with E-state index in [0.29, 0.717) is 26.2 Å². The summed E-state index contributed by atoms with van der Waals surface area (Å²) >= 11 is 1.51. The van der Waals surface area contributed by atoms with Crippen molar-refractivity contribution in [3.63, 3.8) is 0 Å². The number of hydrogen-bond donors (Lipinski definition) is 1. The lowest BCUT2D eigenvalue weighted by Gasteiger charge is -2.32. The molecule has 8 nitrogen and oxygen atoms in total. The average Bonchev–Trinajstić information content (AvgIpc) is 3.27. The van der Waals surface area contributed by atoms with E-state index in [0.717, 1.165) is 28.1 Å². The van der Waals surface area contributed by atoms with Crippen LogP contribution in [0.3, 0.4) is 0 Å². The molecular formula is C18H19N5O3S. The summed E-state index contributed by atoms with van der Waals surface area (Å²) in [6.45, 7) is 3.46. The van der Waals surface area contributed by atoms with Gasteiger partial charge in [0.2, 0.25) is 0 Å². The lowest BCUT2D eigenvalue weighted by atomic mass is 10.2. The second-order valence-corrected chi connectivity index (χ2v) is 7.31. The molecule has 0 saturated heterocycles. The molecule has 9 heteroatoms. The number of fused-ring (bicyclic) bond motifs is 1. The summed E-state index contributed by atoms with van der Waals surface area (Å²) < 4.78 is 7.59. The van der Waals surface area contributed by atoms with Crippen LogP contribution in [-0.4, -0.2) is 41.8 Å². The maximum Gasteiger partial charge on any atom is 0.322 e. The van der Waals surface area contributed by atoms with Crippen LogP contribution in [0.2, 0.25) is 0 Å². The number of carboxylic acid groups (broad SMARTS) is 1. The van der Waals surface area contributed by atoms with Crippen molar-refractivity contribution in [3.05, 3.63) is 58.1 Å². The second kappa shape index (κ2) is 7.45. The Hall–Kier alpha value is -2.78. The van der Waals surface area contributed by atoms with Crippen molar-refractivity contribution in [1.29, 1.82) is 0 Å². The van der Waals surface area contributed by atoms with E-state index in [9.17, 15) is 9.90 Å². The third kappa shape index (κ3) is 3.83. The molecule has 3 aromatic rings. The van der Waals surface area contributed by atoms with Crippen molar-refractivity contribution < 1.29 is 14.6 Å². The molecular weight excluding hydrogens is 366 g/mol. The number of aromatic nitrogens is 4. The van der Waals surface area contributed by atoms with E-state index < -0.39 is 12.0 Å². The lowest BCUT2D eigenvalue weighted by Crippen LogP contribution is -2.47. The van der Waals surface area contributed by atoms with E-state index in [1.165, 1.54) is 11.3 Å². The predicted molar refractivity (Wildman–Crippen MR) is 98.3 cm³/mol. The molecule has 0 aliphatic carbocycles. The molecule has 1 atom stereocenters. The van der Waals surface area contributed by atoms with Crippen LogP contribution in [-0.2, 0) is 31.0 Å². The van der Waals surface area contributed by atoms with Crippen molar-refractivity contribution in [1.82, 2.24) is 24.6 Å². The first-order valence-electron chi connectivity index (χ1n) is 8.57. The Morgan fingerprint density at radius 1 is 1.33 bits per heavy atom. The zero-order valence-electron chi connectivity index (χ0n) is 14.8. The molecule has 1 aliphatic heterocycles. The van der Waals surface area contributed by atoms with Crippen LogP contribution >= 0.6 is 11.3 Å². The van der Waals surface area contributed by atoms with Gasteiger partial charge in [0, 0.05) is 11.9 Å². The minimum absolute atomic E-state index is 0.345. The second-order valence-electron chi connectivity index (χ2n) is 6.37. The Kier molecular flexibility index (Phi) is 4.87. The quantitative estimate of drug-likeness (QED) is 0.694. The van der Waals surface area contributed by atoms with Gasteiger partial charge in [0.05, 0.1) is 18.8 Å². The molecule has 1 aromatic carbocycles. The number of hydrogen-bond acceptors (Lipinski definition) is 7. The van der Waals surface area contributed by atoms with E-state index in [1.807, 2.05) is 52.1 Å².